The molecular formula is C12H17N3O2. The summed E-state index contributed by atoms with van der Waals surface area (Å²) in [5.41, 5.74) is 0.531. The van der Waals surface area contributed by atoms with Crippen molar-refractivity contribution >= 4 is 5.91 Å². The molecule has 1 N–H and O–H groups in total. The molecular weight excluding hydrogens is 218 g/mol. The van der Waals surface area contributed by atoms with Crippen LogP contribution in [0.1, 0.15) is 17.3 Å². The van der Waals surface area contributed by atoms with Crippen molar-refractivity contribution in [1.29, 1.82) is 0 Å². The number of carbonyl (C=O) groups is 1. The van der Waals surface area contributed by atoms with Gasteiger partial charge in [-0.3, -0.25) is 4.79 Å². The Morgan fingerprint density at radius 1 is 1.65 bits per heavy atom. The lowest BCUT2D eigenvalue weighted by molar-refractivity contribution is 0.0651. The summed E-state index contributed by atoms with van der Waals surface area (Å²) in [7, 11) is 1.53. The van der Waals surface area contributed by atoms with Crippen LogP contribution in [0.2, 0.25) is 0 Å². The average molecular weight is 235 g/mol. The van der Waals surface area contributed by atoms with Crippen molar-refractivity contribution in [3.05, 3.63) is 23.9 Å². The van der Waals surface area contributed by atoms with Gasteiger partial charge >= 0.3 is 0 Å². The summed E-state index contributed by atoms with van der Waals surface area (Å²) >= 11 is 0. The van der Waals surface area contributed by atoms with Crippen molar-refractivity contribution in [2.24, 2.45) is 0 Å². The second kappa shape index (κ2) is 5.14. The number of ether oxygens (including phenoxy) is 1. The zero-order valence-electron chi connectivity index (χ0n) is 10.1. The van der Waals surface area contributed by atoms with Crippen LogP contribution in [-0.2, 0) is 0 Å². The normalized spacial score (nSPS) is 20.1. The second-order valence-corrected chi connectivity index (χ2v) is 4.11. The smallest absolute Gasteiger partial charge is 0.259 e. The first-order valence-electron chi connectivity index (χ1n) is 5.74. The molecule has 0 saturated carbocycles. The molecule has 0 bridgehead atoms. The topological polar surface area (TPSA) is 54.5 Å². The molecule has 0 aliphatic carbocycles. The van der Waals surface area contributed by atoms with Crippen molar-refractivity contribution in [3.8, 4) is 5.88 Å². The van der Waals surface area contributed by atoms with Crippen molar-refractivity contribution in [2.75, 3.05) is 26.7 Å². The quantitative estimate of drug-likeness (QED) is 0.812. The zero-order chi connectivity index (χ0) is 12.3. The minimum atomic E-state index is -0.0102. The first-order valence-corrected chi connectivity index (χ1v) is 5.74. The highest BCUT2D eigenvalue weighted by atomic mass is 16.5. The van der Waals surface area contributed by atoms with Gasteiger partial charge in [0.05, 0.1) is 7.11 Å². The van der Waals surface area contributed by atoms with E-state index >= 15 is 0 Å². The Morgan fingerprint density at radius 3 is 3.18 bits per heavy atom. The molecule has 1 saturated heterocycles. The van der Waals surface area contributed by atoms with Gasteiger partial charge in [-0.25, -0.2) is 4.98 Å². The largest absolute Gasteiger partial charge is 0.480 e. The number of piperazine rings is 1. The van der Waals surface area contributed by atoms with Gasteiger partial charge in [-0.05, 0) is 19.1 Å². The van der Waals surface area contributed by atoms with E-state index in [1.165, 1.54) is 7.11 Å². The Hall–Kier alpha value is -1.62. The number of rotatable bonds is 2. The van der Waals surface area contributed by atoms with Crippen LogP contribution in [0.25, 0.3) is 0 Å². The Morgan fingerprint density at radius 2 is 2.47 bits per heavy atom. The first-order chi connectivity index (χ1) is 8.24. The third kappa shape index (κ3) is 2.39. The molecule has 2 heterocycles. The van der Waals surface area contributed by atoms with E-state index in [0.717, 1.165) is 19.6 Å². The average Bonchev–Trinajstić information content (AvgIpc) is 2.38. The zero-order valence-corrected chi connectivity index (χ0v) is 10.1. The Bertz CT molecular complexity index is 408. The van der Waals surface area contributed by atoms with Gasteiger partial charge in [0.25, 0.3) is 5.91 Å². The van der Waals surface area contributed by atoms with E-state index in [1.54, 1.807) is 18.3 Å². The van der Waals surface area contributed by atoms with Crippen molar-refractivity contribution in [1.82, 2.24) is 15.2 Å². The van der Waals surface area contributed by atoms with E-state index in [4.69, 9.17) is 4.74 Å². The highest BCUT2D eigenvalue weighted by molar-refractivity contribution is 5.96. The molecule has 5 nitrogen and oxygen atoms in total. The molecule has 2 rings (SSSR count). The van der Waals surface area contributed by atoms with Crippen molar-refractivity contribution < 1.29 is 9.53 Å². The molecule has 1 fully saturated rings. The molecule has 0 radical (unpaired) electrons. The van der Waals surface area contributed by atoms with Crippen LogP contribution in [-0.4, -0.2) is 48.6 Å². The first kappa shape index (κ1) is 11.9. The fraction of sp³-hybridized carbons (Fsp3) is 0.500. The number of hydrogen-bond acceptors (Lipinski definition) is 4. The lowest BCUT2D eigenvalue weighted by atomic mass is 10.1. The molecule has 0 aromatic carbocycles. The molecule has 1 aromatic rings. The molecule has 1 aliphatic heterocycles. The summed E-state index contributed by atoms with van der Waals surface area (Å²) in [5, 5.41) is 3.26. The van der Waals surface area contributed by atoms with Gasteiger partial charge in [0, 0.05) is 31.9 Å². The molecule has 17 heavy (non-hydrogen) atoms. The summed E-state index contributed by atoms with van der Waals surface area (Å²) in [4.78, 5) is 18.3. The third-order valence-corrected chi connectivity index (χ3v) is 2.96. The van der Waals surface area contributed by atoms with E-state index in [0.29, 0.717) is 11.4 Å². The Labute approximate surface area is 101 Å². The maximum absolute atomic E-state index is 12.4. The van der Waals surface area contributed by atoms with Crippen LogP contribution in [0.15, 0.2) is 18.3 Å². The Kier molecular flexibility index (Phi) is 3.58. The minimum Gasteiger partial charge on any atom is -0.480 e. The minimum absolute atomic E-state index is 0.0102. The van der Waals surface area contributed by atoms with Crippen molar-refractivity contribution in [2.45, 2.75) is 13.0 Å². The van der Waals surface area contributed by atoms with E-state index in [9.17, 15) is 4.79 Å². The van der Waals surface area contributed by atoms with Gasteiger partial charge < -0.3 is 15.0 Å². The van der Waals surface area contributed by atoms with Crippen molar-refractivity contribution in [3.63, 3.8) is 0 Å². The van der Waals surface area contributed by atoms with Crippen LogP contribution in [0.3, 0.4) is 0 Å². The van der Waals surface area contributed by atoms with Crippen LogP contribution in [0, 0.1) is 0 Å². The predicted octanol–water partition coefficient (Wildman–Crippen LogP) is 0.524. The van der Waals surface area contributed by atoms with Gasteiger partial charge in [-0.15, -0.1) is 0 Å². The van der Waals surface area contributed by atoms with Gasteiger partial charge in [-0.2, -0.15) is 0 Å². The van der Waals surface area contributed by atoms with E-state index in [-0.39, 0.29) is 11.9 Å². The number of nitrogens with zero attached hydrogens (tertiary/aromatic N) is 2. The molecule has 92 valence electrons. The molecule has 5 heteroatoms. The summed E-state index contributed by atoms with van der Waals surface area (Å²) in [6, 6.07) is 3.70. The van der Waals surface area contributed by atoms with E-state index in [1.807, 2.05) is 11.8 Å². The molecule has 1 atom stereocenters. The third-order valence-electron chi connectivity index (χ3n) is 2.96. The summed E-state index contributed by atoms with van der Waals surface area (Å²) < 4.78 is 5.12. The number of methoxy groups -OCH3 is 1. The van der Waals surface area contributed by atoms with Gasteiger partial charge in [0.2, 0.25) is 5.88 Å². The number of pyridine rings is 1. The van der Waals surface area contributed by atoms with Crippen LogP contribution >= 0.6 is 0 Å². The van der Waals surface area contributed by atoms with Crippen LogP contribution in [0.5, 0.6) is 5.88 Å². The summed E-state index contributed by atoms with van der Waals surface area (Å²) in [6.07, 6.45) is 1.62. The number of aromatic nitrogens is 1. The van der Waals surface area contributed by atoms with Gasteiger partial charge in [0.15, 0.2) is 0 Å². The lowest BCUT2D eigenvalue weighted by Crippen LogP contribution is -2.52. The fourth-order valence-electron chi connectivity index (χ4n) is 2.01. The lowest BCUT2D eigenvalue weighted by Gasteiger charge is -2.34. The predicted molar refractivity (Wildman–Crippen MR) is 64.2 cm³/mol. The summed E-state index contributed by atoms with van der Waals surface area (Å²) in [6.45, 7) is 4.41. The maximum atomic E-state index is 12.4. The number of hydrogen-bond donors (Lipinski definition) is 1. The fourth-order valence-corrected chi connectivity index (χ4v) is 2.01. The SMILES string of the molecule is COc1ncccc1C(=O)N1CCNCC1C. The van der Waals surface area contributed by atoms with Gasteiger partial charge in [0.1, 0.15) is 5.56 Å². The highest BCUT2D eigenvalue weighted by Gasteiger charge is 2.26. The van der Waals surface area contributed by atoms with E-state index in [2.05, 4.69) is 10.3 Å². The van der Waals surface area contributed by atoms with Crippen LogP contribution in [0.4, 0.5) is 0 Å². The molecule has 1 aliphatic rings. The number of carbonyl (C=O) groups excluding carboxylic acids is 1. The van der Waals surface area contributed by atoms with E-state index < -0.39 is 0 Å². The highest BCUT2D eigenvalue weighted by Crippen LogP contribution is 2.18. The number of amides is 1. The van der Waals surface area contributed by atoms with Gasteiger partial charge in [-0.1, -0.05) is 0 Å². The Balaban J connectivity index is 2.23. The summed E-state index contributed by atoms with van der Waals surface area (Å²) in [5.74, 6) is 0.382. The standard InChI is InChI=1S/C12H17N3O2/c1-9-8-13-6-7-15(9)12(16)10-4-3-5-14-11(10)17-2/h3-5,9,13H,6-8H2,1-2H3. The molecule has 1 aromatic heterocycles. The maximum Gasteiger partial charge on any atom is 0.259 e. The molecule has 1 amide bonds. The monoisotopic (exact) mass is 235 g/mol. The second-order valence-electron chi connectivity index (χ2n) is 4.11. The molecule has 0 spiro atoms. The molecule has 1 unspecified atom stereocenters. The van der Waals surface area contributed by atoms with Crippen LogP contribution < -0.4 is 10.1 Å². The number of nitrogens with one attached hydrogen (secondary N) is 1.